The Balaban J connectivity index is 2.50. The first-order valence-electron chi connectivity index (χ1n) is 6.67. The van der Waals surface area contributed by atoms with E-state index in [1.54, 1.807) is 0 Å². The normalized spacial score (nSPS) is 20.9. The zero-order valence-electron chi connectivity index (χ0n) is 11.8. The van der Waals surface area contributed by atoms with Crippen molar-refractivity contribution in [1.82, 2.24) is 5.32 Å². The van der Waals surface area contributed by atoms with Crippen molar-refractivity contribution in [2.75, 3.05) is 26.4 Å². The molecule has 0 aliphatic carbocycles. The van der Waals surface area contributed by atoms with E-state index in [1.807, 2.05) is 27.7 Å². The van der Waals surface area contributed by atoms with Gasteiger partial charge in [-0.1, -0.05) is 6.92 Å². The Morgan fingerprint density at radius 2 is 2.17 bits per heavy atom. The maximum atomic E-state index is 12.0. The third kappa shape index (κ3) is 4.23. The summed E-state index contributed by atoms with van der Waals surface area (Å²) < 4.78 is 16.0. The summed E-state index contributed by atoms with van der Waals surface area (Å²) in [6, 6.07) is 0. The van der Waals surface area contributed by atoms with Gasteiger partial charge in [0.1, 0.15) is 11.6 Å². The van der Waals surface area contributed by atoms with Crippen LogP contribution in [-0.2, 0) is 19.0 Å². The van der Waals surface area contributed by atoms with E-state index in [4.69, 9.17) is 14.2 Å². The van der Waals surface area contributed by atoms with Crippen LogP contribution in [0.1, 0.15) is 34.1 Å². The average Bonchev–Trinajstić information content (AvgIpc) is 2.24. The molecule has 0 aromatic carbocycles. The molecule has 1 saturated heterocycles. The van der Waals surface area contributed by atoms with Crippen LogP contribution in [0.25, 0.3) is 0 Å². The third-order valence-electron chi connectivity index (χ3n) is 3.02. The number of rotatable bonds is 8. The van der Waals surface area contributed by atoms with Crippen LogP contribution in [0.5, 0.6) is 0 Å². The summed E-state index contributed by atoms with van der Waals surface area (Å²) in [4.78, 5) is 12.0. The third-order valence-corrected chi connectivity index (χ3v) is 3.02. The van der Waals surface area contributed by atoms with Gasteiger partial charge in [-0.25, -0.2) is 0 Å². The summed E-state index contributed by atoms with van der Waals surface area (Å²) in [6.07, 6.45) is 0.760. The molecule has 5 nitrogen and oxygen atoms in total. The number of ether oxygens (including phenoxy) is 3. The van der Waals surface area contributed by atoms with E-state index in [0.717, 1.165) is 0 Å². The van der Waals surface area contributed by atoms with Crippen LogP contribution in [0.4, 0.5) is 0 Å². The van der Waals surface area contributed by atoms with Crippen molar-refractivity contribution in [2.45, 2.75) is 51.9 Å². The lowest BCUT2D eigenvalue weighted by molar-refractivity contribution is -0.164. The number of esters is 1. The molecule has 1 heterocycles. The first-order valence-corrected chi connectivity index (χ1v) is 6.67. The fourth-order valence-corrected chi connectivity index (χ4v) is 2.15. The van der Waals surface area contributed by atoms with Crippen LogP contribution in [0, 0.1) is 0 Å². The van der Waals surface area contributed by atoms with Gasteiger partial charge in [-0.3, -0.25) is 4.79 Å². The summed E-state index contributed by atoms with van der Waals surface area (Å²) in [5, 5.41) is 3.20. The molecule has 18 heavy (non-hydrogen) atoms. The van der Waals surface area contributed by atoms with Crippen molar-refractivity contribution in [3.05, 3.63) is 0 Å². The number of nitrogens with one attached hydrogen (secondary N) is 1. The van der Waals surface area contributed by atoms with E-state index < -0.39 is 5.54 Å². The summed E-state index contributed by atoms with van der Waals surface area (Å²) in [5.74, 6) is -0.216. The standard InChI is InChI=1S/C13H25NO4/c1-5-14-13(4,12(15)17-6-2)7-10(3)18-11-8-16-9-11/h10-11,14H,5-9H2,1-4H3. The Bertz CT molecular complexity index is 268. The van der Waals surface area contributed by atoms with Crippen molar-refractivity contribution in [3.63, 3.8) is 0 Å². The van der Waals surface area contributed by atoms with Gasteiger partial charge >= 0.3 is 5.97 Å². The Hall–Kier alpha value is -0.650. The molecular formula is C13H25NO4. The maximum Gasteiger partial charge on any atom is 0.326 e. The number of hydrogen-bond donors (Lipinski definition) is 1. The van der Waals surface area contributed by atoms with Gasteiger partial charge in [0, 0.05) is 6.42 Å². The zero-order chi connectivity index (χ0) is 13.6. The molecule has 1 aliphatic heterocycles. The summed E-state index contributed by atoms with van der Waals surface area (Å²) in [6.45, 7) is 10.1. The van der Waals surface area contributed by atoms with Gasteiger partial charge in [-0.15, -0.1) is 0 Å². The predicted molar refractivity (Wildman–Crippen MR) is 68.5 cm³/mol. The Morgan fingerprint density at radius 1 is 1.50 bits per heavy atom. The first kappa shape index (κ1) is 15.4. The molecule has 0 bridgehead atoms. The van der Waals surface area contributed by atoms with E-state index in [-0.39, 0.29) is 18.2 Å². The Kier molecular flexibility index (Phi) is 6.05. The largest absolute Gasteiger partial charge is 0.465 e. The number of likely N-dealkylation sites (N-methyl/N-ethyl adjacent to an activating group) is 1. The van der Waals surface area contributed by atoms with E-state index in [9.17, 15) is 4.79 Å². The fraction of sp³-hybridized carbons (Fsp3) is 0.923. The molecule has 1 N–H and O–H groups in total. The highest BCUT2D eigenvalue weighted by Crippen LogP contribution is 2.19. The molecular weight excluding hydrogens is 234 g/mol. The van der Waals surface area contributed by atoms with Crippen LogP contribution in [0.3, 0.4) is 0 Å². The molecule has 0 amide bonds. The molecule has 0 spiro atoms. The second-order valence-corrected chi connectivity index (χ2v) is 4.89. The smallest absolute Gasteiger partial charge is 0.326 e. The van der Waals surface area contributed by atoms with Crippen molar-refractivity contribution in [1.29, 1.82) is 0 Å². The highest BCUT2D eigenvalue weighted by molar-refractivity contribution is 5.80. The topological polar surface area (TPSA) is 56.8 Å². The van der Waals surface area contributed by atoms with Crippen molar-refractivity contribution in [3.8, 4) is 0 Å². The lowest BCUT2D eigenvalue weighted by Gasteiger charge is -2.34. The van der Waals surface area contributed by atoms with Crippen molar-refractivity contribution >= 4 is 5.97 Å². The zero-order valence-corrected chi connectivity index (χ0v) is 11.8. The first-order chi connectivity index (χ1) is 8.51. The van der Waals surface area contributed by atoms with Crippen LogP contribution in [0.2, 0.25) is 0 Å². The fourth-order valence-electron chi connectivity index (χ4n) is 2.15. The van der Waals surface area contributed by atoms with Crippen LogP contribution in [-0.4, -0.2) is 50.1 Å². The molecule has 1 fully saturated rings. The lowest BCUT2D eigenvalue weighted by atomic mass is 9.94. The maximum absolute atomic E-state index is 12.0. The summed E-state index contributed by atoms with van der Waals surface area (Å²) in [7, 11) is 0. The van der Waals surface area contributed by atoms with Crippen LogP contribution in [0.15, 0.2) is 0 Å². The van der Waals surface area contributed by atoms with Crippen molar-refractivity contribution in [2.24, 2.45) is 0 Å². The number of carbonyl (C=O) groups excluding carboxylic acids is 1. The van der Waals surface area contributed by atoms with Crippen molar-refractivity contribution < 1.29 is 19.0 Å². The summed E-state index contributed by atoms with van der Waals surface area (Å²) in [5.41, 5.74) is -0.686. The average molecular weight is 259 g/mol. The van der Waals surface area contributed by atoms with Gasteiger partial charge in [0.2, 0.25) is 0 Å². The molecule has 0 radical (unpaired) electrons. The molecule has 2 atom stereocenters. The minimum atomic E-state index is -0.686. The summed E-state index contributed by atoms with van der Waals surface area (Å²) >= 11 is 0. The molecule has 106 valence electrons. The molecule has 1 rings (SSSR count). The van der Waals surface area contributed by atoms with Crippen LogP contribution < -0.4 is 5.32 Å². The van der Waals surface area contributed by atoms with Gasteiger partial charge < -0.3 is 19.5 Å². The van der Waals surface area contributed by atoms with Gasteiger partial charge in [-0.05, 0) is 27.3 Å². The molecule has 0 aromatic heterocycles. The number of hydrogen-bond acceptors (Lipinski definition) is 5. The predicted octanol–water partition coefficient (Wildman–Crippen LogP) is 1.11. The minimum absolute atomic E-state index is 0.00708. The number of carbonyl (C=O) groups is 1. The monoisotopic (exact) mass is 259 g/mol. The molecule has 0 aromatic rings. The minimum Gasteiger partial charge on any atom is -0.465 e. The highest BCUT2D eigenvalue weighted by Gasteiger charge is 2.36. The Morgan fingerprint density at radius 3 is 2.61 bits per heavy atom. The van der Waals surface area contributed by atoms with Gasteiger partial charge in [0.15, 0.2) is 0 Å². The molecule has 0 saturated carbocycles. The Labute approximate surface area is 109 Å². The van der Waals surface area contributed by atoms with E-state index in [1.165, 1.54) is 0 Å². The van der Waals surface area contributed by atoms with E-state index >= 15 is 0 Å². The van der Waals surface area contributed by atoms with Gasteiger partial charge in [-0.2, -0.15) is 0 Å². The quantitative estimate of drug-likeness (QED) is 0.662. The van der Waals surface area contributed by atoms with Gasteiger partial charge in [0.05, 0.1) is 25.9 Å². The van der Waals surface area contributed by atoms with Crippen LogP contribution >= 0.6 is 0 Å². The SMILES string of the molecule is CCNC(C)(CC(C)OC1COC1)C(=O)OCC. The second-order valence-electron chi connectivity index (χ2n) is 4.89. The molecule has 5 heteroatoms. The highest BCUT2D eigenvalue weighted by atomic mass is 16.6. The van der Waals surface area contributed by atoms with E-state index in [2.05, 4.69) is 5.32 Å². The molecule has 2 unspecified atom stereocenters. The lowest BCUT2D eigenvalue weighted by Crippen LogP contribution is -2.53. The van der Waals surface area contributed by atoms with E-state index in [0.29, 0.717) is 32.8 Å². The second kappa shape index (κ2) is 7.07. The van der Waals surface area contributed by atoms with Gasteiger partial charge in [0.25, 0.3) is 0 Å². The molecule has 1 aliphatic rings.